The summed E-state index contributed by atoms with van der Waals surface area (Å²) < 4.78 is 0. The van der Waals surface area contributed by atoms with Gasteiger partial charge in [0, 0.05) is 24.8 Å². The lowest BCUT2D eigenvalue weighted by Gasteiger charge is -2.34. The second-order valence-electron chi connectivity index (χ2n) is 6.82. The van der Waals surface area contributed by atoms with E-state index in [2.05, 4.69) is 61.1 Å². The van der Waals surface area contributed by atoms with Crippen molar-refractivity contribution in [2.24, 2.45) is 16.6 Å². The van der Waals surface area contributed by atoms with E-state index < -0.39 is 0 Å². The van der Waals surface area contributed by atoms with Crippen LogP contribution in [0.1, 0.15) is 37.8 Å². The molecular formula is C18H31IN4. The largest absolute Gasteiger partial charge is 0.370 e. The smallest absolute Gasteiger partial charge is 0.193 e. The van der Waals surface area contributed by atoms with Crippen molar-refractivity contribution in [1.29, 1.82) is 0 Å². The van der Waals surface area contributed by atoms with Gasteiger partial charge < -0.3 is 16.0 Å². The maximum Gasteiger partial charge on any atom is 0.193 e. The van der Waals surface area contributed by atoms with Gasteiger partial charge in [-0.15, -0.1) is 24.0 Å². The Morgan fingerprint density at radius 3 is 2.57 bits per heavy atom. The maximum absolute atomic E-state index is 6.04. The average Bonchev–Trinajstić information content (AvgIpc) is 2.44. The lowest BCUT2D eigenvalue weighted by atomic mass is 9.97. The molecule has 1 unspecified atom stereocenters. The van der Waals surface area contributed by atoms with Gasteiger partial charge in [0.15, 0.2) is 5.96 Å². The van der Waals surface area contributed by atoms with E-state index in [1.54, 1.807) is 0 Å². The van der Waals surface area contributed by atoms with Crippen molar-refractivity contribution in [3.05, 3.63) is 29.3 Å². The summed E-state index contributed by atoms with van der Waals surface area (Å²) in [5.41, 5.74) is 9.53. The molecule has 4 nitrogen and oxygen atoms in total. The second-order valence-corrected chi connectivity index (χ2v) is 6.82. The van der Waals surface area contributed by atoms with E-state index in [1.807, 2.05) is 0 Å². The third-order valence-corrected chi connectivity index (χ3v) is 4.29. The van der Waals surface area contributed by atoms with Crippen molar-refractivity contribution in [3.8, 4) is 0 Å². The highest BCUT2D eigenvalue weighted by atomic mass is 127. The molecule has 23 heavy (non-hydrogen) atoms. The molecule has 0 aliphatic carbocycles. The van der Waals surface area contributed by atoms with Gasteiger partial charge in [-0.1, -0.05) is 6.07 Å². The van der Waals surface area contributed by atoms with E-state index in [0.29, 0.717) is 17.9 Å². The monoisotopic (exact) mass is 430 g/mol. The summed E-state index contributed by atoms with van der Waals surface area (Å²) in [6.07, 6.45) is 2.52. The van der Waals surface area contributed by atoms with Gasteiger partial charge in [0.1, 0.15) is 0 Å². The third kappa shape index (κ3) is 6.67. The van der Waals surface area contributed by atoms with Crippen molar-refractivity contribution in [1.82, 2.24) is 4.90 Å². The number of aliphatic imine (C=N–C) groups is 1. The normalized spacial score (nSPS) is 19.5. The molecule has 3 N–H and O–H groups in total. The van der Waals surface area contributed by atoms with Crippen LogP contribution in [0.3, 0.4) is 0 Å². The minimum atomic E-state index is 0. The van der Waals surface area contributed by atoms with Crippen molar-refractivity contribution in [2.45, 2.75) is 46.6 Å². The van der Waals surface area contributed by atoms with Gasteiger partial charge >= 0.3 is 0 Å². The lowest BCUT2D eigenvalue weighted by molar-refractivity contribution is 0.143. The molecule has 2 rings (SSSR count). The van der Waals surface area contributed by atoms with E-state index in [1.165, 1.54) is 30.5 Å². The molecule has 0 amide bonds. The summed E-state index contributed by atoms with van der Waals surface area (Å²) in [7, 11) is 0. The summed E-state index contributed by atoms with van der Waals surface area (Å²) in [5.74, 6) is 1.14. The fourth-order valence-electron chi connectivity index (χ4n) is 3.18. The number of aryl methyl sites for hydroxylation is 2. The molecule has 0 aromatic heterocycles. The van der Waals surface area contributed by atoms with Gasteiger partial charge in [-0.25, -0.2) is 0 Å². The molecule has 5 heteroatoms. The fourth-order valence-corrected chi connectivity index (χ4v) is 3.18. The summed E-state index contributed by atoms with van der Waals surface area (Å²) >= 11 is 0. The zero-order chi connectivity index (χ0) is 16.1. The molecule has 1 aromatic carbocycles. The number of halogens is 1. The van der Waals surface area contributed by atoms with Gasteiger partial charge in [-0.3, -0.25) is 4.99 Å². The first-order valence-electron chi connectivity index (χ1n) is 8.33. The maximum atomic E-state index is 6.04. The molecule has 0 radical (unpaired) electrons. The number of guanidine groups is 1. The molecule has 1 fully saturated rings. The number of likely N-dealkylation sites (tertiary alicyclic amines) is 1. The van der Waals surface area contributed by atoms with E-state index in [4.69, 9.17) is 5.73 Å². The zero-order valence-electron chi connectivity index (χ0n) is 14.8. The van der Waals surface area contributed by atoms with Crippen molar-refractivity contribution < 1.29 is 0 Å². The minimum absolute atomic E-state index is 0. The quantitative estimate of drug-likeness (QED) is 0.435. The Labute approximate surface area is 157 Å². The van der Waals surface area contributed by atoms with Crippen LogP contribution in [0.15, 0.2) is 23.2 Å². The van der Waals surface area contributed by atoms with Crippen LogP contribution in [0.5, 0.6) is 0 Å². The van der Waals surface area contributed by atoms with Crippen LogP contribution >= 0.6 is 24.0 Å². The first kappa shape index (κ1) is 20.2. The van der Waals surface area contributed by atoms with Gasteiger partial charge in [-0.05, 0) is 76.3 Å². The Morgan fingerprint density at radius 2 is 1.96 bits per heavy atom. The predicted molar refractivity (Wildman–Crippen MR) is 111 cm³/mol. The Morgan fingerprint density at radius 1 is 1.30 bits per heavy atom. The molecule has 0 saturated carbocycles. The summed E-state index contributed by atoms with van der Waals surface area (Å²) in [4.78, 5) is 7.09. The van der Waals surface area contributed by atoms with Gasteiger partial charge in [0.2, 0.25) is 0 Å². The van der Waals surface area contributed by atoms with Crippen LogP contribution in [0.4, 0.5) is 5.69 Å². The van der Waals surface area contributed by atoms with E-state index in [0.717, 1.165) is 18.8 Å². The van der Waals surface area contributed by atoms with Crippen LogP contribution in [-0.2, 0) is 0 Å². The predicted octanol–water partition coefficient (Wildman–Crippen LogP) is 3.77. The first-order chi connectivity index (χ1) is 10.4. The fraction of sp³-hybridized carbons (Fsp3) is 0.611. The van der Waals surface area contributed by atoms with Gasteiger partial charge in [-0.2, -0.15) is 0 Å². The second kappa shape index (κ2) is 9.47. The number of benzene rings is 1. The van der Waals surface area contributed by atoms with Crippen LogP contribution in [0.2, 0.25) is 0 Å². The van der Waals surface area contributed by atoms with Crippen LogP contribution in [0, 0.1) is 19.8 Å². The van der Waals surface area contributed by atoms with E-state index >= 15 is 0 Å². The SMILES string of the molecule is Cc1cc(C)cc(NC(N)=NCC2CCCN(C(C)C)C2)c1.I. The summed E-state index contributed by atoms with van der Waals surface area (Å²) in [5, 5.41) is 3.21. The molecule has 1 aliphatic rings. The zero-order valence-corrected chi connectivity index (χ0v) is 17.1. The van der Waals surface area contributed by atoms with Crippen LogP contribution < -0.4 is 11.1 Å². The summed E-state index contributed by atoms with van der Waals surface area (Å²) in [6.45, 7) is 11.9. The van der Waals surface area contributed by atoms with Crippen LogP contribution in [-0.4, -0.2) is 36.5 Å². The van der Waals surface area contributed by atoms with Crippen molar-refractivity contribution >= 4 is 35.6 Å². The van der Waals surface area contributed by atoms with Crippen molar-refractivity contribution in [3.63, 3.8) is 0 Å². The highest BCUT2D eigenvalue weighted by molar-refractivity contribution is 14.0. The topological polar surface area (TPSA) is 53.6 Å². The molecule has 1 aromatic rings. The van der Waals surface area contributed by atoms with Crippen LogP contribution in [0.25, 0.3) is 0 Å². The molecule has 130 valence electrons. The van der Waals surface area contributed by atoms with Gasteiger partial charge in [0.25, 0.3) is 0 Å². The molecule has 1 saturated heterocycles. The number of piperidine rings is 1. The molecule has 1 aliphatic heterocycles. The lowest BCUT2D eigenvalue weighted by Crippen LogP contribution is -2.41. The number of nitrogens with two attached hydrogens (primary N) is 1. The Bertz CT molecular complexity index is 508. The molecular weight excluding hydrogens is 399 g/mol. The molecule has 1 atom stereocenters. The van der Waals surface area contributed by atoms with Gasteiger partial charge in [0.05, 0.1) is 0 Å². The van der Waals surface area contributed by atoms with E-state index in [9.17, 15) is 0 Å². The number of anilines is 1. The average molecular weight is 430 g/mol. The number of nitrogens with one attached hydrogen (secondary N) is 1. The highest BCUT2D eigenvalue weighted by Crippen LogP contribution is 2.19. The summed E-state index contributed by atoms with van der Waals surface area (Å²) in [6, 6.07) is 6.96. The Hall–Kier alpha value is -0.820. The first-order valence-corrected chi connectivity index (χ1v) is 8.33. The molecule has 0 spiro atoms. The molecule has 1 heterocycles. The van der Waals surface area contributed by atoms with Crippen molar-refractivity contribution in [2.75, 3.05) is 25.0 Å². The number of rotatable bonds is 4. The standard InChI is InChI=1S/C18H30N4.HI/c1-13(2)22-7-5-6-16(12-22)11-20-18(19)21-17-9-14(3)8-15(4)10-17;/h8-10,13,16H,5-7,11-12H2,1-4H3,(H3,19,20,21);1H. The van der Waals surface area contributed by atoms with E-state index in [-0.39, 0.29) is 24.0 Å². The number of nitrogens with zero attached hydrogens (tertiary/aromatic N) is 2. The minimum Gasteiger partial charge on any atom is -0.370 e. The third-order valence-electron chi connectivity index (χ3n) is 4.29. The Balaban J connectivity index is 0.00000264. The highest BCUT2D eigenvalue weighted by Gasteiger charge is 2.21. The number of hydrogen-bond donors (Lipinski definition) is 2. The number of hydrogen-bond acceptors (Lipinski definition) is 2. The Kier molecular flexibility index (Phi) is 8.33. The molecule has 0 bridgehead atoms.